The Morgan fingerprint density at radius 3 is 2.62 bits per heavy atom. The van der Waals surface area contributed by atoms with Gasteiger partial charge in [0.05, 0.1) is 10.7 Å². The number of carboxylic acid groups (broad SMARTS) is 1. The van der Waals surface area contributed by atoms with Crippen LogP contribution >= 0.6 is 23.1 Å². The highest BCUT2D eigenvalue weighted by atomic mass is 32.2. The molecule has 2 heterocycles. The van der Waals surface area contributed by atoms with Gasteiger partial charge in [-0.1, -0.05) is 75.6 Å². The smallest absolute Gasteiger partial charge is 0.411 e. The van der Waals surface area contributed by atoms with E-state index in [1.165, 1.54) is 0 Å². The number of rotatable bonds is 11. The molecule has 7 nitrogen and oxygen atoms in total. The zero-order valence-corrected chi connectivity index (χ0v) is 21.0. The van der Waals surface area contributed by atoms with E-state index >= 15 is 0 Å². The first-order chi connectivity index (χ1) is 16.2. The molecule has 2 aromatic rings. The monoisotopic (exact) mass is 502 g/mol. The summed E-state index contributed by atoms with van der Waals surface area (Å²) in [7, 11) is 0. The molecular formula is C25H30N2O5S2. The Labute approximate surface area is 207 Å². The number of nitrogens with one attached hydrogen (secondary N) is 2. The topological polar surface area (TPSA) is 113 Å². The number of thioether (sulfide) groups is 1. The minimum absolute atomic E-state index is 0.246. The number of benzene rings is 1. The zero-order valence-electron chi connectivity index (χ0n) is 19.4. The molecule has 1 aromatic heterocycles. The van der Waals surface area contributed by atoms with Gasteiger partial charge in [-0.15, -0.1) is 11.3 Å². The minimum Gasteiger partial charge on any atom is -0.465 e. The number of carbonyl (C=O) groups excluding carboxylic acids is 3. The Hall–Kier alpha value is -2.65. The van der Waals surface area contributed by atoms with Gasteiger partial charge in [0.2, 0.25) is 11.8 Å². The fourth-order valence-corrected chi connectivity index (χ4v) is 6.11. The van der Waals surface area contributed by atoms with E-state index in [0.717, 1.165) is 58.3 Å². The van der Waals surface area contributed by atoms with E-state index in [1.54, 1.807) is 11.3 Å². The van der Waals surface area contributed by atoms with E-state index < -0.39 is 22.7 Å². The molecule has 0 aliphatic carbocycles. The summed E-state index contributed by atoms with van der Waals surface area (Å²) >= 11 is 2.60. The summed E-state index contributed by atoms with van der Waals surface area (Å²) in [5.41, 5.74) is 1.13. The molecule has 2 unspecified atom stereocenters. The third-order valence-corrected chi connectivity index (χ3v) is 8.11. The van der Waals surface area contributed by atoms with Gasteiger partial charge in [0.15, 0.2) is 0 Å². The van der Waals surface area contributed by atoms with Gasteiger partial charge in [0.1, 0.15) is 0 Å². The van der Waals surface area contributed by atoms with Crippen molar-refractivity contribution in [2.45, 2.75) is 64.0 Å². The molecule has 1 saturated heterocycles. The third-order valence-electron chi connectivity index (χ3n) is 5.97. The predicted octanol–water partition coefficient (Wildman–Crippen LogP) is 5.62. The molecule has 182 valence electrons. The van der Waals surface area contributed by atoms with E-state index in [1.807, 2.05) is 43.3 Å². The van der Waals surface area contributed by atoms with Crippen molar-refractivity contribution < 1.29 is 24.3 Å². The molecule has 1 aliphatic heterocycles. The maximum Gasteiger partial charge on any atom is 0.411 e. The summed E-state index contributed by atoms with van der Waals surface area (Å²) < 4.78 is 0. The highest BCUT2D eigenvalue weighted by Gasteiger charge is 2.34. The van der Waals surface area contributed by atoms with Crippen LogP contribution in [0.25, 0.3) is 10.4 Å². The number of hydrogen-bond acceptors (Lipinski definition) is 6. The van der Waals surface area contributed by atoms with Crippen LogP contribution in [0.1, 0.15) is 56.4 Å². The lowest BCUT2D eigenvalue weighted by Gasteiger charge is -2.28. The van der Waals surface area contributed by atoms with Crippen LogP contribution in [0.15, 0.2) is 36.4 Å². The van der Waals surface area contributed by atoms with Crippen LogP contribution in [0, 0.1) is 5.41 Å². The molecule has 0 saturated carbocycles. The standard InChI is InChI=1S/C25H30N2O5S2/c1-3-4-5-6-12-25(2,22(29)27-23(30)31)15-16-8-7-9-17(13-16)19-11-10-18(33-19)14-20-21(28)26-24(32)34-20/h7-11,13,20H,3-6,12,14-15H2,1-2H3,(H,27,29)(H,30,31)(H,26,28,32). The van der Waals surface area contributed by atoms with Crippen LogP contribution in [-0.4, -0.2) is 33.5 Å². The third kappa shape index (κ3) is 6.93. The second kappa shape index (κ2) is 11.7. The van der Waals surface area contributed by atoms with Crippen molar-refractivity contribution in [3.05, 3.63) is 46.8 Å². The first kappa shape index (κ1) is 26.0. The molecule has 1 aliphatic rings. The van der Waals surface area contributed by atoms with Crippen LogP contribution in [-0.2, 0) is 22.4 Å². The van der Waals surface area contributed by atoms with Crippen molar-refractivity contribution in [3.8, 4) is 10.4 Å². The van der Waals surface area contributed by atoms with Gasteiger partial charge in [0.25, 0.3) is 5.24 Å². The first-order valence-electron chi connectivity index (χ1n) is 11.4. The predicted molar refractivity (Wildman–Crippen MR) is 135 cm³/mol. The summed E-state index contributed by atoms with van der Waals surface area (Å²) in [5, 5.41) is 12.8. The second-order valence-corrected chi connectivity index (χ2v) is 11.2. The second-order valence-electron chi connectivity index (χ2n) is 8.86. The molecule has 34 heavy (non-hydrogen) atoms. The Bertz CT molecular complexity index is 1070. The van der Waals surface area contributed by atoms with E-state index in [-0.39, 0.29) is 11.1 Å². The molecule has 1 aromatic carbocycles. The van der Waals surface area contributed by atoms with Gasteiger partial charge in [-0.2, -0.15) is 0 Å². The molecule has 3 rings (SSSR count). The van der Waals surface area contributed by atoms with Crippen LogP contribution in [0.2, 0.25) is 0 Å². The Morgan fingerprint density at radius 2 is 1.94 bits per heavy atom. The van der Waals surface area contributed by atoms with Crippen molar-refractivity contribution >= 4 is 46.2 Å². The van der Waals surface area contributed by atoms with Crippen molar-refractivity contribution in [1.82, 2.24) is 10.6 Å². The van der Waals surface area contributed by atoms with Gasteiger partial charge < -0.3 is 5.11 Å². The van der Waals surface area contributed by atoms with E-state index in [0.29, 0.717) is 19.3 Å². The molecular weight excluding hydrogens is 472 g/mol. The normalized spacial score (nSPS) is 17.3. The van der Waals surface area contributed by atoms with Crippen molar-refractivity contribution in [3.63, 3.8) is 0 Å². The lowest BCUT2D eigenvalue weighted by Crippen LogP contribution is -2.42. The van der Waals surface area contributed by atoms with Crippen molar-refractivity contribution in [2.75, 3.05) is 0 Å². The molecule has 2 atom stereocenters. The van der Waals surface area contributed by atoms with Crippen molar-refractivity contribution in [2.24, 2.45) is 5.41 Å². The number of hydrogen-bond donors (Lipinski definition) is 3. The van der Waals surface area contributed by atoms with Crippen LogP contribution in [0.5, 0.6) is 0 Å². The summed E-state index contributed by atoms with van der Waals surface area (Å²) in [6.07, 6.45) is 4.25. The van der Waals surface area contributed by atoms with Gasteiger partial charge in [-0.25, -0.2) is 4.79 Å². The van der Waals surface area contributed by atoms with Crippen LogP contribution < -0.4 is 10.6 Å². The van der Waals surface area contributed by atoms with E-state index in [2.05, 4.69) is 17.6 Å². The molecule has 0 spiro atoms. The molecule has 0 bridgehead atoms. The van der Waals surface area contributed by atoms with Gasteiger partial charge >= 0.3 is 6.09 Å². The highest BCUT2D eigenvalue weighted by Crippen LogP contribution is 2.34. The average Bonchev–Trinajstić information content (AvgIpc) is 3.37. The Kier molecular flexibility index (Phi) is 8.90. The highest BCUT2D eigenvalue weighted by molar-refractivity contribution is 8.15. The maximum atomic E-state index is 12.8. The molecule has 9 heteroatoms. The lowest BCUT2D eigenvalue weighted by molar-refractivity contribution is -0.129. The lowest BCUT2D eigenvalue weighted by atomic mass is 9.78. The SMILES string of the molecule is CCCCCCC(C)(Cc1cccc(-c2ccc(CC3SC(=O)NC3=O)s2)c1)C(=O)NC(=O)O. The molecule has 1 fully saturated rings. The fraction of sp³-hybridized carbons (Fsp3) is 0.440. The largest absolute Gasteiger partial charge is 0.465 e. The number of imide groups is 2. The first-order valence-corrected chi connectivity index (χ1v) is 13.1. The summed E-state index contributed by atoms with van der Waals surface area (Å²) in [4.78, 5) is 49.2. The molecule has 0 radical (unpaired) electrons. The molecule has 4 amide bonds. The van der Waals surface area contributed by atoms with Crippen molar-refractivity contribution in [1.29, 1.82) is 0 Å². The Morgan fingerprint density at radius 1 is 1.15 bits per heavy atom. The molecule has 3 N–H and O–H groups in total. The van der Waals surface area contributed by atoms with Gasteiger partial charge in [-0.3, -0.25) is 25.0 Å². The number of unbranched alkanes of at least 4 members (excludes halogenated alkanes) is 3. The van der Waals surface area contributed by atoms with E-state index in [9.17, 15) is 19.2 Å². The zero-order chi connectivity index (χ0) is 24.7. The maximum absolute atomic E-state index is 12.8. The van der Waals surface area contributed by atoms with E-state index in [4.69, 9.17) is 5.11 Å². The van der Waals surface area contributed by atoms with Crippen LogP contribution in [0.3, 0.4) is 0 Å². The quantitative estimate of drug-likeness (QED) is 0.344. The van der Waals surface area contributed by atoms with Crippen LogP contribution in [0.4, 0.5) is 9.59 Å². The number of carbonyl (C=O) groups is 4. The summed E-state index contributed by atoms with van der Waals surface area (Å²) in [5.74, 6) is -0.716. The fourth-order valence-electron chi connectivity index (χ4n) is 4.11. The average molecular weight is 503 g/mol. The number of amides is 4. The Balaban J connectivity index is 1.74. The number of thiophene rings is 1. The summed E-state index contributed by atoms with van der Waals surface area (Å²) in [6.45, 7) is 3.96. The minimum atomic E-state index is -1.33. The van der Waals surface area contributed by atoms with Gasteiger partial charge in [0, 0.05) is 16.2 Å². The summed E-state index contributed by atoms with van der Waals surface area (Å²) in [6, 6.07) is 11.9. The van der Waals surface area contributed by atoms with Gasteiger partial charge in [-0.05, 0) is 36.1 Å².